The summed E-state index contributed by atoms with van der Waals surface area (Å²) in [5.74, 6) is -0.482. The normalized spacial score (nSPS) is 18.4. The molecular weight excluding hydrogens is 344 g/mol. The van der Waals surface area contributed by atoms with Crippen molar-refractivity contribution in [2.75, 3.05) is 16.8 Å². The summed E-state index contributed by atoms with van der Waals surface area (Å²) in [6, 6.07) is 12.6. The van der Waals surface area contributed by atoms with Crippen molar-refractivity contribution in [1.29, 1.82) is 0 Å². The molecule has 138 valence electrons. The molecule has 1 saturated heterocycles. The number of cyclic esters (lactones) is 1. The van der Waals surface area contributed by atoms with E-state index in [1.165, 1.54) is 0 Å². The van der Waals surface area contributed by atoms with Gasteiger partial charge in [-0.25, -0.2) is 4.79 Å². The molecule has 2 aromatic rings. The Kier molecular flexibility index (Phi) is 4.39. The fourth-order valence-corrected chi connectivity index (χ4v) is 3.69. The van der Waals surface area contributed by atoms with Crippen LogP contribution in [0.1, 0.15) is 46.9 Å². The number of rotatable bonds is 4. The van der Waals surface area contributed by atoms with Crippen LogP contribution in [0.5, 0.6) is 0 Å². The zero-order valence-corrected chi connectivity index (χ0v) is 15.0. The van der Waals surface area contributed by atoms with Gasteiger partial charge in [-0.15, -0.1) is 0 Å². The number of amides is 2. The Morgan fingerprint density at radius 3 is 2.78 bits per heavy atom. The maximum absolute atomic E-state index is 12.4. The lowest BCUT2D eigenvalue weighted by Crippen LogP contribution is -2.24. The molecule has 0 spiro atoms. The van der Waals surface area contributed by atoms with Crippen molar-refractivity contribution in [3.8, 4) is 0 Å². The number of anilines is 2. The van der Waals surface area contributed by atoms with Gasteiger partial charge in [0.25, 0.3) is 0 Å². The standard InChI is InChI=1S/C21H20N2O4/c1-13-11-14(8-9-17(13)23-10-4-7-20(23)25)22-19(24)12-18-15-5-2-3-6-16(15)21(26)27-18/h2-3,5-6,8-9,11,18H,4,7,10,12H2,1H3,(H,22,24)/t18-/m0/s1. The molecule has 0 radical (unpaired) electrons. The molecule has 1 fully saturated rings. The summed E-state index contributed by atoms with van der Waals surface area (Å²) in [5, 5.41) is 2.85. The topological polar surface area (TPSA) is 75.7 Å². The van der Waals surface area contributed by atoms with Crippen molar-refractivity contribution in [2.24, 2.45) is 0 Å². The quantitative estimate of drug-likeness (QED) is 0.844. The molecule has 1 atom stereocenters. The van der Waals surface area contributed by atoms with Gasteiger partial charge in [-0.3, -0.25) is 9.59 Å². The highest BCUT2D eigenvalue weighted by Gasteiger charge is 2.32. The van der Waals surface area contributed by atoms with Crippen LogP contribution in [0.25, 0.3) is 0 Å². The molecule has 0 saturated carbocycles. The van der Waals surface area contributed by atoms with Crippen LogP contribution in [0.4, 0.5) is 11.4 Å². The molecule has 6 nitrogen and oxygen atoms in total. The first-order valence-corrected chi connectivity index (χ1v) is 9.04. The number of carbonyl (C=O) groups excluding carboxylic acids is 3. The van der Waals surface area contributed by atoms with Crippen LogP contribution in [-0.4, -0.2) is 24.3 Å². The molecule has 2 heterocycles. The van der Waals surface area contributed by atoms with Crippen LogP contribution < -0.4 is 10.2 Å². The summed E-state index contributed by atoms with van der Waals surface area (Å²) in [7, 11) is 0. The Bertz CT molecular complexity index is 938. The molecule has 0 aliphatic carbocycles. The van der Waals surface area contributed by atoms with Gasteiger partial charge in [-0.05, 0) is 43.2 Å². The van der Waals surface area contributed by atoms with Gasteiger partial charge in [-0.1, -0.05) is 18.2 Å². The molecule has 1 N–H and O–H groups in total. The van der Waals surface area contributed by atoms with Crippen LogP contribution in [0, 0.1) is 6.92 Å². The van der Waals surface area contributed by atoms with Crippen LogP contribution in [0.15, 0.2) is 42.5 Å². The second-order valence-electron chi connectivity index (χ2n) is 6.88. The molecule has 4 rings (SSSR count). The van der Waals surface area contributed by atoms with Crippen molar-refractivity contribution in [3.05, 3.63) is 59.2 Å². The van der Waals surface area contributed by atoms with Crippen molar-refractivity contribution in [3.63, 3.8) is 0 Å². The van der Waals surface area contributed by atoms with Crippen molar-refractivity contribution >= 4 is 29.2 Å². The minimum atomic E-state index is -0.559. The van der Waals surface area contributed by atoms with Gasteiger partial charge in [-0.2, -0.15) is 0 Å². The fraction of sp³-hybridized carbons (Fsp3) is 0.286. The van der Waals surface area contributed by atoms with E-state index >= 15 is 0 Å². The summed E-state index contributed by atoms with van der Waals surface area (Å²) in [6.45, 7) is 2.66. The van der Waals surface area contributed by atoms with E-state index in [2.05, 4.69) is 5.32 Å². The van der Waals surface area contributed by atoms with Gasteiger partial charge in [0.2, 0.25) is 11.8 Å². The Balaban J connectivity index is 1.44. The summed E-state index contributed by atoms with van der Waals surface area (Å²) in [5.41, 5.74) is 3.74. The molecule has 27 heavy (non-hydrogen) atoms. The third-order valence-corrected chi connectivity index (χ3v) is 4.99. The predicted octanol–water partition coefficient (Wildman–Crippen LogP) is 3.36. The van der Waals surface area contributed by atoms with Gasteiger partial charge in [0, 0.05) is 29.9 Å². The third-order valence-electron chi connectivity index (χ3n) is 4.99. The number of ether oxygens (including phenoxy) is 1. The molecule has 0 unspecified atom stereocenters. The highest BCUT2D eigenvalue weighted by Crippen LogP contribution is 2.33. The average molecular weight is 364 g/mol. The van der Waals surface area contributed by atoms with Gasteiger partial charge in [0.1, 0.15) is 6.10 Å². The summed E-state index contributed by atoms with van der Waals surface area (Å²) >= 11 is 0. The summed E-state index contributed by atoms with van der Waals surface area (Å²) < 4.78 is 5.32. The van der Waals surface area contributed by atoms with Crippen LogP contribution >= 0.6 is 0 Å². The molecule has 6 heteroatoms. The largest absolute Gasteiger partial charge is 0.453 e. The van der Waals surface area contributed by atoms with E-state index < -0.39 is 6.10 Å². The van der Waals surface area contributed by atoms with E-state index in [0.29, 0.717) is 17.7 Å². The SMILES string of the molecule is Cc1cc(NC(=O)C[C@@H]2OC(=O)c3ccccc32)ccc1N1CCCC1=O. The molecule has 0 bridgehead atoms. The number of hydrogen-bond acceptors (Lipinski definition) is 4. The van der Waals surface area contributed by atoms with Crippen molar-refractivity contribution < 1.29 is 19.1 Å². The monoisotopic (exact) mass is 364 g/mol. The third kappa shape index (κ3) is 3.30. The first-order valence-electron chi connectivity index (χ1n) is 9.04. The number of fused-ring (bicyclic) bond motifs is 1. The Hall–Kier alpha value is -3.15. The molecule has 2 amide bonds. The second kappa shape index (κ2) is 6.87. The smallest absolute Gasteiger partial charge is 0.339 e. The highest BCUT2D eigenvalue weighted by molar-refractivity contribution is 5.98. The van der Waals surface area contributed by atoms with Crippen LogP contribution in [0.2, 0.25) is 0 Å². The number of hydrogen-bond donors (Lipinski definition) is 1. The van der Waals surface area contributed by atoms with Crippen LogP contribution in [0.3, 0.4) is 0 Å². The maximum Gasteiger partial charge on any atom is 0.339 e. The van der Waals surface area contributed by atoms with Crippen molar-refractivity contribution in [2.45, 2.75) is 32.3 Å². The lowest BCUT2D eigenvalue weighted by molar-refractivity contribution is -0.118. The lowest BCUT2D eigenvalue weighted by Gasteiger charge is -2.19. The first kappa shape index (κ1) is 17.3. The Morgan fingerprint density at radius 2 is 2.04 bits per heavy atom. The van der Waals surface area contributed by atoms with E-state index in [0.717, 1.165) is 29.8 Å². The zero-order chi connectivity index (χ0) is 19.0. The van der Waals surface area contributed by atoms with Gasteiger partial charge >= 0.3 is 5.97 Å². The molecule has 2 aromatic carbocycles. The zero-order valence-electron chi connectivity index (χ0n) is 15.0. The maximum atomic E-state index is 12.4. The average Bonchev–Trinajstić information content (AvgIpc) is 3.19. The second-order valence-corrected chi connectivity index (χ2v) is 6.88. The Labute approximate surface area is 157 Å². The van der Waals surface area contributed by atoms with E-state index in [-0.39, 0.29) is 24.2 Å². The van der Waals surface area contributed by atoms with Gasteiger partial charge in [0.15, 0.2) is 0 Å². The number of nitrogens with one attached hydrogen (secondary N) is 1. The van der Waals surface area contributed by atoms with Gasteiger partial charge in [0.05, 0.1) is 12.0 Å². The minimum absolute atomic E-state index is 0.0637. The van der Waals surface area contributed by atoms with Crippen LogP contribution in [-0.2, 0) is 14.3 Å². The van der Waals surface area contributed by atoms with E-state index in [1.807, 2.05) is 31.2 Å². The molecule has 2 aliphatic heterocycles. The number of esters is 1. The van der Waals surface area contributed by atoms with Crippen molar-refractivity contribution in [1.82, 2.24) is 0 Å². The van der Waals surface area contributed by atoms with E-state index in [4.69, 9.17) is 4.74 Å². The first-order chi connectivity index (χ1) is 13.0. The minimum Gasteiger partial charge on any atom is -0.453 e. The summed E-state index contributed by atoms with van der Waals surface area (Å²) in [6.07, 6.45) is 0.961. The summed E-state index contributed by atoms with van der Waals surface area (Å²) in [4.78, 5) is 38.0. The highest BCUT2D eigenvalue weighted by atomic mass is 16.5. The number of aryl methyl sites for hydroxylation is 1. The van der Waals surface area contributed by atoms with E-state index in [9.17, 15) is 14.4 Å². The number of carbonyl (C=O) groups is 3. The molecule has 2 aliphatic rings. The molecule has 0 aromatic heterocycles. The fourth-order valence-electron chi connectivity index (χ4n) is 3.69. The molecular formula is C21H20N2O4. The number of nitrogens with zero attached hydrogens (tertiary/aromatic N) is 1. The van der Waals surface area contributed by atoms with Gasteiger partial charge < -0.3 is 15.0 Å². The predicted molar refractivity (Wildman–Crippen MR) is 101 cm³/mol. The Morgan fingerprint density at radius 1 is 1.22 bits per heavy atom. The van der Waals surface area contributed by atoms with E-state index in [1.54, 1.807) is 23.1 Å². The lowest BCUT2D eigenvalue weighted by atomic mass is 10.0. The number of benzene rings is 2.